The zero-order chi connectivity index (χ0) is 13.3. The van der Waals surface area contributed by atoms with Crippen molar-refractivity contribution < 1.29 is 120 Å². The summed E-state index contributed by atoms with van der Waals surface area (Å²) < 4.78 is 4.27. The quantitative estimate of drug-likeness (QED) is 0.450. The average molecular weight is 272 g/mol. The molecule has 0 spiro atoms. The molecule has 0 N–H and O–H groups in total. The zero-order valence-corrected chi connectivity index (χ0v) is 12.0. The minimum absolute atomic E-state index is 0. The number of hydrogen-bond donors (Lipinski definition) is 0. The van der Waals surface area contributed by atoms with Crippen molar-refractivity contribution in [3.05, 3.63) is 0 Å². The van der Waals surface area contributed by atoms with Crippen LogP contribution < -0.4 is 95.9 Å². The van der Waals surface area contributed by atoms with Crippen LogP contribution in [-0.2, 0) is 23.9 Å². The summed E-state index contributed by atoms with van der Waals surface area (Å²) in [6, 6.07) is 0. The van der Waals surface area contributed by atoms with Crippen molar-refractivity contribution in [1.29, 1.82) is 0 Å². The zero-order valence-electron chi connectivity index (χ0n) is 12.0. The predicted octanol–water partition coefficient (Wildman–Crippen LogP) is -19.0. The van der Waals surface area contributed by atoms with Crippen molar-refractivity contribution in [2.45, 2.75) is 12.2 Å². The molecule has 0 radical (unpaired) electrons. The monoisotopic (exact) mass is 272 g/mol. The molecule has 0 aromatic carbocycles. The molecule has 94 valence electrons. The van der Waals surface area contributed by atoms with Crippen molar-refractivity contribution in [3.63, 3.8) is 0 Å². The van der Waals surface area contributed by atoms with E-state index in [0.717, 1.165) is 0 Å². The first kappa shape index (κ1) is 29.3. The second-order valence-corrected chi connectivity index (χ2v) is 3.30. The van der Waals surface area contributed by atoms with E-state index in [1.165, 1.54) is 0 Å². The predicted molar refractivity (Wildman–Crippen MR) is 35.7 cm³/mol. The van der Waals surface area contributed by atoms with E-state index in [9.17, 15) is 39.6 Å². The third-order valence-electron chi connectivity index (χ3n) is 2.34. The standard InChI is InChI=1S/C8H8O9.4Li/c9-5(10)1-2(6(11)12)4(8(15)16)17-3(1)7(13)14;;;;/h1-4H,(H,9,10)(H,11,12)(H,13,14)(H,15,16);;;;/q;4*+1/p-4. The van der Waals surface area contributed by atoms with E-state index in [0.29, 0.717) is 0 Å². The summed E-state index contributed by atoms with van der Waals surface area (Å²) in [7, 11) is 0. The van der Waals surface area contributed by atoms with E-state index in [2.05, 4.69) is 4.74 Å². The minimum atomic E-state index is -2.24. The normalized spacial score (nSPS) is 25.9. The summed E-state index contributed by atoms with van der Waals surface area (Å²) in [6.45, 7) is 0. The second-order valence-electron chi connectivity index (χ2n) is 3.30. The number of ether oxygens (including phenoxy) is 1. The Balaban J connectivity index is -0.000000361. The van der Waals surface area contributed by atoms with Gasteiger partial charge in [-0.15, -0.1) is 0 Å². The third-order valence-corrected chi connectivity index (χ3v) is 2.34. The number of carboxylic acid groups (broad SMARTS) is 4. The first-order chi connectivity index (χ1) is 7.77. The van der Waals surface area contributed by atoms with E-state index in [4.69, 9.17) is 0 Å². The summed E-state index contributed by atoms with van der Waals surface area (Å²) >= 11 is 0. The largest absolute Gasteiger partial charge is 1.00 e. The Labute approximate surface area is 166 Å². The summed E-state index contributed by atoms with van der Waals surface area (Å²) in [6.07, 6.45) is -4.49. The fraction of sp³-hybridized carbons (Fsp3) is 0.500. The number of hydrogen-bond acceptors (Lipinski definition) is 9. The van der Waals surface area contributed by atoms with Crippen molar-refractivity contribution in [1.82, 2.24) is 0 Å². The number of carboxylic acids is 4. The molecule has 0 bridgehead atoms. The molecule has 1 heterocycles. The minimum Gasteiger partial charge on any atom is -0.550 e. The van der Waals surface area contributed by atoms with Gasteiger partial charge in [0, 0.05) is 23.8 Å². The van der Waals surface area contributed by atoms with Crippen LogP contribution in [0, 0.1) is 11.8 Å². The van der Waals surface area contributed by atoms with Gasteiger partial charge in [-0.05, 0) is 0 Å². The molecular formula is C8H4Li4O9. The molecule has 21 heavy (non-hydrogen) atoms. The molecule has 13 heteroatoms. The molecule has 1 fully saturated rings. The van der Waals surface area contributed by atoms with Gasteiger partial charge in [-0.3, -0.25) is 0 Å². The number of rotatable bonds is 4. The van der Waals surface area contributed by atoms with Gasteiger partial charge in [0.05, 0.1) is 11.9 Å². The fourth-order valence-corrected chi connectivity index (χ4v) is 1.65. The van der Waals surface area contributed by atoms with Gasteiger partial charge in [0.1, 0.15) is 12.2 Å². The van der Waals surface area contributed by atoms with Gasteiger partial charge < -0.3 is 44.3 Å². The molecule has 4 unspecified atom stereocenters. The molecule has 0 aliphatic carbocycles. The van der Waals surface area contributed by atoms with E-state index in [1.54, 1.807) is 0 Å². The van der Waals surface area contributed by atoms with Crippen LogP contribution in [-0.4, -0.2) is 36.1 Å². The summed E-state index contributed by atoms with van der Waals surface area (Å²) in [5.41, 5.74) is 0. The number of aliphatic carboxylic acids is 4. The van der Waals surface area contributed by atoms with E-state index >= 15 is 0 Å². The fourth-order valence-electron chi connectivity index (χ4n) is 1.65. The Kier molecular flexibility index (Phi) is 16.4. The molecule has 1 aliphatic rings. The molecule has 1 aliphatic heterocycles. The van der Waals surface area contributed by atoms with Gasteiger partial charge in [0.25, 0.3) is 0 Å². The van der Waals surface area contributed by atoms with Gasteiger partial charge in [0.15, 0.2) is 0 Å². The van der Waals surface area contributed by atoms with E-state index in [1.807, 2.05) is 0 Å². The van der Waals surface area contributed by atoms with Crippen molar-refractivity contribution in [2.24, 2.45) is 11.8 Å². The Morgan fingerprint density at radius 1 is 0.571 bits per heavy atom. The van der Waals surface area contributed by atoms with Crippen LogP contribution in [0.1, 0.15) is 0 Å². The van der Waals surface area contributed by atoms with Gasteiger partial charge in [-0.2, -0.15) is 0 Å². The van der Waals surface area contributed by atoms with Crippen LogP contribution in [0.5, 0.6) is 0 Å². The maximum Gasteiger partial charge on any atom is 1.00 e. The SMILES string of the molecule is O=C([O-])C1OC(C(=O)[O-])C(C(=O)[O-])C1C(=O)[O-].[Li+].[Li+].[Li+].[Li+]. The third kappa shape index (κ3) is 6.47. The molecule has 9 nitrogen and oxygen atoms in total. The molecule has 1 rings (SSSR count). The molecule has 0 saturated carbocycles. The topological polar surface area (TPSA) is 170 Å². The van der Waals surface area contributed by atoms with Gasteiger partial charge in [-0.25, -0.2) is 0 Å². The van der Waals surface area contributed by atoms with Gasteiger partial charge in [0.2, 0.25) is 0 Å². The number of carbonyl (C=O) groups is 4. The van der Waals surface area contributed by atoms with Gasteiger partial charge in [-0.1, -0.05) is 0 Å². The molecule has 0 aromatic heterocycles. The van der Waals surface area contributed by atoms with Crippen LogP contribution in [0.2, 0.25) is 0 Å². The molecule has 1 saturated heterocycles. The first-order valence-corrected chi connectivity index (χ1v) is 4.26. The molecule has 0 aromatic rings. The van der Waals surface area contributed by atoms with Crippen molar-refractivity contribution in [2.75, 3.05) is 0 Å². The van der Waals surface area contributed by atoms with E-state index < -0.39 is 47.9 Å². The maximum absolute atomic E-state index is 10.6. The van der Waals surface area contributed by atoms with Crippen molar-refractivity contribution in [3.8, 4) is 0 Å². The van der Waals surface area contributed by atoms with Crippen LogP contribution >= 0.6 is 0 Å². The Hall–Kier alpha value is 0.230. The average Bonchev–Trinajstić information content (AvgIpc) is 2.56. The van der Waals surface area contributed by atoms with Crippen LogP contribution in [0.15, 0.2) is 0 Å². The van der Waals surface area contributed by atoms with Crippen LogP contribution in [0.3, 0.4) is 0 Å². The number of carbonyl (C=O) groups excluding carboxylic acids is 4. The Bertz CT molecular complexity index is 365. The Morgan fingerprint density at radius 3 is 0.952 bits per heavy atom. The van der Waals surface area contributed by atoms with E-state index in [-0.39, 0.29) is 75.4 Å². The molecule has 0 amide bonds. The second kappa shape index (κ2) is 11.8. The van der Waals surface area contributed by atoms with Crippen LogP contribution in [0.4, 0.5) is 0 Å². The summed E-state index contributed by atoms with van der Waals surface area (Å²) in [5, 5.41) is 42.2. The van der Waals surface area contributed by atoms with Crippen LogP contribution in [0.25, 0.3) is 0 Å². The Morgan fingerprint density at radius 2 is 0.810 bits per heavy atom. The van der Waals surface area contributed by atoms with Crippen molar-refractivity contribution >= 4 is 23.9 Å². The maximum atomic E-state index is 10.6. The molecule has 4 atom stereocenters. The summed E-state index contributed by atoms with van der Waals surface area (Å²) in [5.74, 6) is -12.7. The van der Waals surface area contributed by atoms with Gasteiger partial charge >= 0.3 is 75.4 Å². The first-order valence-electron chi connectivity index (χ1n) is 4.26. The molecular weight excluding hydrogens is 268 g/mol. The summed E-state index contributed by atoms with van der Waals surface area (Å²) in [4.78, 5) is 42.2. The smallest absolute Gasteiger partial charge is 0.550 e.